The van der Waals surface area contributed by atoms with Crippen molar-refractivity contribution in [3.63, 3.8) is 0 Å². The van der Waals surface area contributed by atoms with Crippen LogP contribution in [0.3, 0.4) is 0 Å². The fourth-order valence-corrected chi connectivity index (χ4v) is 7.73. The Balaban J connectivity index is 1.40. The molecule has 2 aliphatic heterocycles. The zero-order valence-electron chi connectivity index (χ0n) is 21.1. The van der Waals surface area contributed by atoms with Crippen molar-refractivity contribution in [1.82, 2.24) is 0 Å². The molecule has 0 saturated heterocycles. The highest BCUT2D eigenvalue weighted by Crippen LogP contribution is 2.51. The van der Waals surface area contributed by atoms with Crippen molar-refractivity contribution in [2.24, 2.45) is 0 Å². The van der Waals surface area contributed by atoms with Gasteiger partial charge in [-0.2, -0.15) is 4.58 Å². The summed E-state index contributed by atoms with van der Waals surface area (Å²) >= 11 is 0. The van der Waals surface area contributed by atoms with Gasteiger partial charge >= 0.3 is 0 Å². The van der Waals surface area contributed by atoms with Crippen LogP contribution in [0.1, 0.15) is 87.8 Å². The molecule has 2 aromatic rings. The predicted molar refractivity (Wildman–Crippen MR) is 142 cm³/mol. The van der Waals surface area contributed by atoms with E-state index >= 15 is 0 Å². The van der Waals surface area contributed by atoms with Gasteiger partial charge in [0.2, 0.25) is 5.69 Å². The summed E-state index contributed by atoms with van der Waals surface area (Å²) in [7, 11) is 1.79. The molecule has 2 fully saturated rings. The molecule has 3 heteroatoms. The fraction of sp³-hybridized carbons (Fsp3) is 0.516. The van der Waals surface area contributed by atoms with Crippen molar-refractivity contribution in [3.8, 4) is 5.75 Å². The van der Waals surface area contributed by atoms with Gasteiger partial charge in [-0.1, -0.05) is 31.7 Å². The second-order valence-corrected chi connectivity index (χ2v) is 10.7. The maximum atomic E-state index is 5.65. The quantitative estimate of drug-likeness (QED) is 0.443. The number of allylic oxidation sites excluding steroid dienone is 1. The largest absolute Gasteiger partial charge is 0.497 e. The molecule has 6 rings (SSSR count). The number of methoxy groups -OCH3 is 1. The Labute approximate surface area is 205 Å². The highest BCUT2D eigenvalue weighted by molar-refractivity contribution is 6.06. The summed E-state index contributed by atoms with van der Waals surface area (Å²) in [6.07, 6.45) is 15.4. The normalized spacial score (nSPS) is 24.7. The van der Waals surface area contributed by atoms with Crippen molar-refractivity contribution in [3.05, 3.63) is 59.2 Å². The van der Waals surface area contributed by atoms with Gasteiger partial charge in [0.25, 0.3) is 0 Å². The van der Waals surface area contributed by atoms with Crippen LogP contribution < -0.4 is 9.64 Å². The molecular weight excluding hydrogens is 416 g/mol. The molecule has 2 heterocycles. The van der Waals surface area contributed by atoms with E-state index in [2.05, 4.69) is 71.9 Å². The van der Waals surface area contributed by atoms with Crippen LogP contribution in [-0.4, -0.2) is 36.5 Å². The SMILES string of the molecule is CCN1c2ccc(/C=C/C3=[N+](CC)c4ccc(OC)cc4C34CCCCC4)cc2C2CCCC21. The van der Waals surface area contributed by atoms with Crippen LogP contribution in [-0.2, 0) is 5.41 Å². The van der Waals surface area contributed by atoms with E-state index < -0.39 is 0 Å². The molecule has 2 aromatic carbocycles. The standard InChI is InChI=1S/C31H39N2O/c1-4-32-27-11-9-10-24(27)25-20-22(12-15-28(25)32)13-17-30-31(18-7-6-8-19-31)26-21-23(34-3)14-16-29(26)33(30)5-2/h12-17,20-21,24,27H,4-11,18-19H2,1-3H3/q+1. The Morgan fingerprint density at radius 3 is 2.62 bits per heavy atom. The highest BCUT2D eigenvalue weighted by Gasteiger charge is 2.51. The van der Waals surface area contributed by atoms with E-state index in [9.17, 15) is 0 Å². The van der Waals surface area contributed by atoms with Crippen LogP contribution in [0.5, 0.6) is 5.75 Å². The zero-order valence-corrected chi connectivity index (χ0v) is 21.1. The summed E-state index contributed by atoms with van der Waals surface area (Å²) in [5, 5.41) is 0. The molecule has 178 valence electrons. The molecule has 34 heavy (non-hydrogen) atoms. The number of anilines is 1. The Hall–Kier alpha value is -2.55. The lowest BCUT2D eigenvalue weighted by atomic mass is 9.67. The predicted octanol–water partition coefficient (Wildman–Crippen LogP) is 7.21. The van der Waals surface area contributed by atoms with Crippen LogP contribution in [0.25, 0.3) is 6.08 Å². The second kappa shape index (κ2) is 8.59. The number of hydrogen-bond donors (Lipinski definition) is 0. The number of likely N-dealkylation sites (N-methyl/N-ethyl adjacent to an activating group) is 1. The fourth-order valence-electron chi connectivity index (χ4n) is 7.73. The van der Waals surface area contributed by atoms with E-state index in [4.69, 9.17) is 4.74 Å². The highest BCUT2D eigenvalue weighted by atomic mass is 16.5. The summed E-state index contributed by atoms with van der Waals surface area (Å²) in [4.78, 5) is 2.66. The molecule has 0 bridgehead atoms. The molecule has 2 atom stereocenters. The second-order valence-electron chi connectivity index (χ2n) is 10.7. The Morgan fingerprint density at radius 1 is 1.00 bits per heavy atom. The summed E-state index contributed by atoms with van der Waals surface area (Å²) < 4.78 is 8.22. The molecule has 2 saturated carbocycles. The molecule has 0 amide bonds. The lowest BCUT2D eigenvalue weighted by Gasteiger charge is -2.31. The van der Waals surface area contributed by atoms with Crippen molar-refractivity contribution in [2.45, 2.75) is 82.6 Å². The molecule has 3 nitrogen and oxygen atoms in total. The van der Waals surface area contributed by atoms with Gasteiger partial charge < -0.3 is 9.64 Å². The third kappa shape index (κ3) is 3.19. The third-order valence-electron chi connectivity index (χ3n) is 9.23. The molecule has 0 N–H and O–H groups in total. The number of ether oxygens (including phenoxy) is 1. The van der Waals surface area contributed by atoms with Crippen molar-refractivity contribution in [2.75, 3.05) is 25.1 Å². The summed E-state index contributed by atoms with van der Waals surface area (Å²) in [5.74, 6) is 1.71. The van der Waals surface area contributed by atoms with Gasteiger partial charge in [0.05, 0.1) is 12.5 Å². The monoisotopic (exact) mass is 455 g/mol. The molecule has 2 aliphatic carbocycles. The maximum absolute atomic E-state index is 5.65. The van der Waals surface area contributed by atoms with Gasteiger partial charge in [0.1, 0.15) is 12.3 Å². The first-order chi connectivity index (χ1) is 16.7. The average Bonchev–Trinajstić information content (AvgIpc) is 3.53. The van der Waals surface area contributed by atoms with Gasteiger partial charge in [-0.15, -0.1) is 0 Å². The van der Waals surface area contributed by atoms with Crippen LogP contribution in [0.4, 0.5) is 11.4 Å². The maximum Gasteiger partial charge on any atom is 0.210 e. The molecule has 2 unspecified atom stereocenters. The Kier molecular flexibility index (Phi) is 5.54. The van der Waals surface area contributed by atoms with Crippen molar-refractivity contribution in [1.29, 1.82) is 0 Å². The molecular formula is C31H39N2O+. The van der Waals surface area contributed by atoms with E-state index in [-0.39, 0.29) is 5.41 Å². The van der Waals surface area contributed by atoms with E-state index in [1.54, 1.807) is 12.7 Å². The third-order valence-corrected chi connectivity index (χ3v) is 9.23. The minimum absolute atomic E-state index is 0.126. The lowest BCUT2D eigenvalue weighted by Crippen LogP contribution is -2.36. The smallest absolute Gasteiger partial charge is 0.210 e. The number of nitrogens with zero attached hydrogens (tertiary/aromatic N) is 2. The molecule has 0 radical (unpaired) electrons. The van der Waals surface area contributed by atoms with E-state index in [1.165, 1.54) is 79.6 Å². The Bertz CT molecular complexity index is 1150. The topological polar surface area (TPSA) is 15.5 Å². The van der Waals surface area contributed by atoms with Gasteiger partial charge in [-0.25, -0.2) is 0 Å². The number of fused-ring (bicyclic) bond motifs is 5. The lowest BCUT2D eigenvalue weighted by molar-refractivity contribution is -0.433. The number of hydrogen-bond acceptors (Lipinski definition) is 2. The first kappa shape index (κ1) is 21.9. The molecule has 0 aromatic heterocycles. The van der Waals surface area contributed by atoms with Crippen molar-refractivity contribution >= 4 is 23.2 Å². The van der Waals surface area contributed by atoms with Crippen LogP contribution in [0.15, 0.2) is 42.5 Å². The molecule has 1 spiro atoms. The number of benzene rings is 2. The van der Waals surface area contributed by atoms with E-state index in [0.717, 1.165) is 30.8 Å². The first-order valence-electron chi connectivity index (χ1n) is 13.6. The van der Waals surface area contributed by atoms with Gasteiger partial charge in [0, 0.05) is 41.9 Å². The van der Waals surface area contributed by atoms with E-state index in [0.29, 0.717) is 0 Å². The Morgan fingerprint density at radius 2 is 1.85 bits per heavy atom. The van der Waals surface area contributed by atoms with Crippen LogP contribution in [0, 0.1) is 0 Å². The van der Waals surface area contributed by atoms with Gasteiger partial charge in [0.15, 0.2) is 5.71 Å². The summed E-state index contributed by atoms with van der Waals surface area (Å²) in [5.41, 5.74) is 8.91. The van der Waals surface area contributed by atoms with Crippen molar-refractivity contribution < 1.29 is 9.31 Å². The van der Waals surface area contributed by atoms with Gasteiger partial charge in [-0.05, 0) is 81.0 Å². The minimum atomic E-state index is 0.126. The van der Waals surface area contributed by atoms with Crippen LogP contribution in [0.2, 0.25) is 0 Å². The van der Waals surface area contributed by atoms with E-state index in [1.807, 2.05) is 0 Å². The molecule has 4 aliphatic rings. The number of rotatable bonds is 5. The van der Waals surface area contributed by atoms with Crippen LogP contribution >= 0.6 is 0 Å². The zero-order chi connectivity index (χ0) is 23.3. The summed E-state index contributed by atoms with van der Waals surface area (Å²) in [6.45, 7) is 6.72. The minimum Gasteiger partial charge on any atom is -0.497 e. The van der Waals surface area contributed by atoms with Gasteiger partial charge in [-0.3, -0.25) is 0 Å². The first-order valence-corrected chi connectivity index (χ1v) is 13.6. The summed E-state index contributed by atoms with van der Waals surface area (Å²) in [6, 6.07) is 14.7. The average molecular weight is 456 g/mol.